The minimum absolute atomic E-state index is 0.0684. The van der Waals surface area contributed by atoms with Crippen molar-refractivity contribution in [2.75, 3.05) is 0 Å². The highest BCUT2D eigenvalue weighted by Gasteiger charge is 2.14. The Morgan fingerprint density at radius 1 is 1.21 bits per heavy atom. The maximum atomic E-state index is 12.5. The molecule has 0 amide bonds. The summed E-state index contributed by atoms with van der Waals surface area (Å²) in [6, 6.07) is 7.57. The van der Waals surface area contributed by atoms with Crippen LogP contribution >= 0.6 is 34.3 Å². The third-order valence-corrected chi connectivity index (χ3v) is 6.35. The fourth-order valence-electron chi connectivity index (χ4n) is 2.94. The van der Waals surface area contributed by atoms with Crippen molar-refractivity contribution in [3.8, 4) is 21.7 Å². The zero-order valence-corrected chi connectivity index (χ0v) is 17.7. The molecule has 142 valence electrons. The van der Waals surface area contributed by atoms with Gasteiger partial charge in [0.1, 0.15) is 5.01 Å². The van der Waals surface area contributed by atoms with Crippen LogP contribution in [0.1, 0.15) is 15.7 Å². The summed E-state index contributed by atoms with van der Waals surface area (Å²) in [6.07, 6.45) is 3.91. The average Bonchev–Trinajstić information content (AvgIpc) is 3.35. The van der Waals surface area contributed by atoms with Crippen LogP contribution in [-0.4, -0.2) is 25.5 Å². The molecule has 0 bridgehead atoms. The van der Waals surface area contributed by atoms with E-state index in [-0.39, 0.29) is 12.3 Å². The van der Waals surface area contributed by atoms with E-state index in [0.29, 0.717) is 11.4 Å². The third kappa shape index (κ3) is 4.22. The van der Waals surface area contributed by atoms with Crippen LogP contribution in [0.15, 0.2) is 42.0 Å². The first kappa shape index (κ1) is 19.0. The molecule has 0 fully saturated rings. The number of thiazole rings is 2. The number of carbonyl (C=O) groups excluding carboxylic acids is 1. The first-order valence-electron chi connectivity index (χ1n) is 8.67. The highest BCUT2D eigenvalue weighted by molar-refractivity contribution is 7.16. The van der Waals surface area contributed by atoms with Gasteiger partial charge in [-0.2, -0.15) is 5.10 Å². The highest BCUT2D eigenvalue weighted by atomic mass is 35.5. The van der Waals surface area contributed by atoms with E-state index >= 15 is 0 Å². The molecule has 0 aliphatic carbocycles. The number of aromatic nitrogens is 4. The van der Waals surface area contributed by atoms with Gasteiger partial charge in [0, 0.05) is 22.2 Å². The van der Waals surface area contributed by atoms with Crippen LogP contribution in [0.2, 0.25) is 5.02 Å². The van der Waals surface area contributed by atoms with E-state index in [2.05, 4.69) is 15.1 Å². The fourth-order valence-corrected chi connectivity index (χ4v) is 4.90. The Labute approximate surface area is 175 Å². The van der Waals surface area contributed by atoms with E-state index in [4.69, 9.17) is 11.6 Å². The molecule has 0 aliphatic rings. The second-order valence-corrected chi connectivity index (χ2v) is 9.01. The van der Waals surface area contributed by atoms with Crippen LogP contribution in [0.4, 0.5) is 0 Å². The van der Waals surface area contributed by atoms with Crippen LogP contribution in [-0.2, 0) is 17.8 Å². The number of nitrogens with zero attached hydrogens (tertiary/aromatic N) is 4. The lowest BCUT2D eigenvalue weighted by atomic mass is 10.1. The molecule has 0 saturated carbocycles. The molecule has 5 nitrogen and oxygen atoms in total. The lowest BCUT2D eigenvalue weighted by molar-refractivity contribution is -0.119. The number of benzene rings is 1. The van der Waals surface area contributed by atoms with Gasteiger partial charge in [-0.05, 0) is 31.5 Å². The minimum Gasteiger partial charge on any atom is -0.297 e. The largest absolute Gasteiger partial charge is 0.297 e. The zero-order valence-electron chi connectivity index (χ0n) is 15.3. The molecule has 0 saturated heterocycles. The monoisotopic (exact) mass is 428 g/mol. The van der Waals surface area contributed by atoms with E-state index in [9.17, 15) is 4.79 Å². The first-order valence-corrected chi connectivity index (χ1v) is 10.7. The molecule has 0 unspecified atom stereocenters. The lowest BCUT2D eigenvalue weighted by Gasteiger charge is -2.00. The Hall–Kier alpha value is -2.35. The molecule has 3 aromatic heterocycles. The van der Waals surface area contributed by atoms with Gasteiger partial charge in [-0.15, -0.1) is 22.7 Å². The Morgan fingerprint density at radius 2 is 2.07 bits per heavy atom. The number of hydrogen-bond acceptors (Lipinski definition) is 6. The normalized spacial score (nSPS) is 11.1. The predicted octanol–water partition coefficient (Wildman–Crippen LogP) is 5.21. The molecule has 0 N–H and O–H groups in total. The summed E-state index contributed by atoms with van der Waals surface area (Å²) in [6.45, 7) is 4.19. The van der Waals surface area contributed by atoms with Gasteiger partial charge >= 0.3 is 0 Å². The van der Waals surface area contributed by atoms with Crippen molar-refractivity contribution in [1.82, 2.24) is 19.7 Å². The zero-order chi connectivity index (χ0) is 19.7. The van der Waals surface area contributed by atoms with Crippen LogP contribution in [0.3, 0.4) is 0 Å². The van der Waals surface area contributed by atoms with Crippen molar-refractivity contribution in [2.45, 2.75) is 26.8 Å². The second kappa shape index (κ2) is 7.95. The molecule has 4 aromatic rings. The summed E-state index contributed by atoms with van der Waals surface area (Å²) >= 11 is 9.18. The average molecular weight is 429 g/mol. The number of aryl methyl sites for hydroxylation is 2. The van der Waals surface area contributed by atoms with E-state index in [1.165, 1.54) is 11.3 Å². The number of carbonyl (C=O) groups is 1. The fraction of sp³-hybridized carbons (Fsp3) is 0.200. The Morgan fingerprint density at radius 3 is 2.82 bits per heavy atom. The van der Waals surface area contributed by atoms with Gasteiger partial charge in [-0.25, -0.2) is 9.97 Å². The number of Topliss-reactive ketones (excluding diaryl/α,β-unsaturated/α-hetero) is 1. The molecule has 8 heteroatoms. The van der Waals surface area contributed by atoms with Crippen LogP contribution in [0.25, 0.3) is 21.7 Å². The highest BCUT2D eigenvalue weighted by Crippen LogP contribution is 2.30. The van der Waals surface area contributed by atoms with Crippen molar-refractivity contribution in [3.05, 3.63) is 62.8 Å². The number of ketones is 1. The van der Waals surface area contributed by atoms with Gasteiger partial charge in [0.2, 0.25) is 0 Å². The van der Waals surface area contributed by atoms with Crippen LogP contribution in [0, 0.1) is 13.8 Å². The van der Waals surface area contributed by atoms with Gasteiger partial charge in [0.15, 0.2) is 5.78 Å². The lowest BCUT2D eigenvalue weighted by Crippen LogP contribution is -2.12. The van der Waals surface area contributed by atoms with Crippen molar-refractivity contribution < 1.29 is 4.79 Å². The van der Waals surface area contributed by atoms with Gasteiger partial charge < -0.3 is 0 Å². The Kier molecular flexibility index (Phi) is 5.39. The second-order valence-electron chi connectivity index (χ2n) is 6.43. The molecule has 4 rings (SSSR count). The van der Waals surface area contributed by atoms with E-state index in [1.54, 1.807) is 22.2 Å². The topological polar surface area (TPSA) is 60.7 Å². The van der Waals surface area contributed by atoms with E-state index in [0.717, 1.165) is 37.4 Å². The molecule has 0 spiro atoms. The van der Waals surface area contributed by atoms with Crippen molar-refractivity contribution in [3.63, 3.8) is 0 Å². The summed E-state index contributed by atoms with van der Waals surface area (Å²) in [5.41, 5.74) is 3.79. The molecule has 0 aliphatic heterocycles. The van der Waals surface area contributed by atoms with Gasteiger partial charge in [0.05, 0.1) is 40.4 Å². The van der Waals surface area contributed by atoms with Crippen LogP contribution < -0.4 is 0 Å². The summed E-state index contributed by atoms with van der Waals surface area (Å²) in [5, 5.41) is 8.80. The summed E-state index contributed by atoms with van der Waals surface area (Å²) in [5.74, 6) is 0.0684. The quantitative estimate of drug-likeness (QED) is 0.422. The number of halogens is 1. The summed E-state index contributed by atoms with van der Waals surface area (Å²) < 4.78 is 1.66. The predicted molar refractivity (Wildman–Crippen MR) is 114 cm³/mol. The van der Waals surface area contributed by atoms with Crippen molar-refractivity contribution in [2.24, 2.45) is 0 Å². The van der Waals surface area contributed by atoms with Gasteiger partial charge in [-0.1, -0.05) is 23.7 Å². The number of hydrogen-bond donors (Lipinski definition) is 0. The van der Waals surface area contributed by atoms with Crippen molar-refractivity contribution in [1.29, 1.82) is 0 Å². The molecular weight excluding hydrogens is 412 g/mol. The summed E-state index contributed by atoms with van der Waals surface area (Å²) in [7, 11) is 0. The molecule has 0 radical (unpaired) electrons. The maximum absolute atomic E-state index is 12.5. The molecule has 3 heterocycles. The van der Waals surface area contributed by atoms with Crippen molar-refractivity contribution >= 4 is 40.1 Å². The summed E-state index contributed by atoms with van der Waals surface area (Å²) in [4.78, 5) is 22.6. The molecule has 0 atom stereocenters. The van der Waals surface area contributed by atoms with Gasteiger partial charge in [0.25, 0.3) is 0 Å². The van der Waals surface area contributed by atoms with E-state index < -0.39 is 0 Å². The molecule has 28 heavy (non-hydrogen) atoms. The number of rotatable bonds is 6. The maximum Gasteiger partial charge on any atom is 0.161 e. The van der Waals surface area contributed by atoms with E-state index in [1.807, 2.05) is 49.7 Å². The standard InChI is InChI=1S/C20H17ClN4OS2/c1-12-20(28-13(2)23-12)18-11-27-19(24-18)7-17(26)10-25-9-15(8-22-25)14-4-3-5-16(21)6-14/h3-6,8-9,11H,7,10H2,1-2H3. The van der Waals surface area contributed by atoms with Gasteiger partial charge in [-0.3, -0.25) is 9.48 Å². The first-order chi connectivity index (χ1) is 13.5. The SMILES string of the molecule is Cc1nc(C)c(-c2csc(CC(=O)Cn3cc(-c4cccc(Cl)c4)cn3)n2)s1. The molecular formula is C20H17ClN4OS2. The minimum atomic E-state index is 0.0684. The van der Waals surface area contributed by atoms with Crippen LogP contribution in [0.5, 0.6) is 0 Å². The Balaban J connectivity index is 1.42. The third-order valence-electron chi connectivity index (χ3n) is 4.17. The smallest absolute Gasteiger partial charge is 0.161 e. The molecule has 1 aromatic carbocycles. The Bertz CT molecular complexity index is 1140.